The number of thiazole rings is 1. The van der Waals surface area contributed by atoms with Crippen LogP contribution in [0.1, 0.15) is 27.7 Å². The van der Waals surface area contributed by atoms with Gasteiger partial charge in [-0.05, 0) is 43.6 Å². The van der Waals surface area contributed by atoms with E-state index in [0.717, 1.165) is 22.0 Å². The second-order valence-corrected chi connectivity index (χ2v) is 8.21. The fourth-order valence-corrected chi connectivity index (χ4v) is 3.42. The predicted octanol–water partition coefficient (Wildman–Crippen LogP) is 3.35. The third-order valence-electron chi connectivity index (χ3n) is 3.03. The molecule has 5 nitrogen and oxygen atoms in total. The van der Waals surface area contributed by atoms with E-state index < -0.39 is 5.60 Å². The first kappa shape index (κ1) is 15.6. The van der Waals surface area contributed by atoms with Gasteiger partial charge in [0.05, 0.1) is 6.20 Å². The van der Waals surface area contributed by atoms with Crippen LogP contribution in [0, 0.1) is 0 Å². The normalized spacial score (nSPS) is 20.1. The molecule has 2 rings (SSSR count). The molecule has 1 fully saturated rings. The summed E-state index contributed by atoms with van der Waals surface area (Å²) in [6, 6.07) is 0.125. The van der Waals surface area contributed by atoms with Gasteiger partial charge in [0.15, 0.2) is 3.92 Å². The molecule has 1 aromatic rings. The maximum absolute atomic E-state index is 12.1. The van der Waals surface area contributed by atoms with Crippen molar-refractivity contribution in [3.05, 3.63) is 10.1 Å². The number of amides is 1. The number of anilines is 1. The summed E-state index contributed by atoms with van der Waals surface area (Å²) in [4.78, 5) is 20.4. The maximum atomic E-state index is 12.1. The Hall–Kier alpha value is -0.820. The Morgan fingerprint density at radius 1 is 1.50 bits per heavy atom. The van der Waals surface area contributed by atoms with E-state index in [1.54, 1.807) is 16.2 Å². The van der Waals surface area contributed by atoms with Crippen LogP contribution in [0.15, 0.2) is 10.1 Å². The van der Waals surface area contributed by atoms with Gasteiger partial charge in [-0.15, -0.1) is 0 Å². The minimum Gasteiger partial charge on any atom is -0.444 e. The van der Waals surface area contributed by atoms with E-state index in [2.05, 4.69) is 25.8 Å². The Morgan fingerprint density at radius 2 is 2.20 bits per heavy atom. The van der Waals surface area contributed by atoms with Crippen molar-refractivity contribution < 1.29 is 9.53 Å². The summed E-state index contributed by atoms with van der Waals surface area (Å²) in [5, 5.41) is 1.13. The summed E-state index contributed by atoms with van der Waals surface area (Å²) in [7, 11) is 0. The number of ether oxygens (including phenoxy) is 1. The highest BCUT2D eigenvalue weighted by Gasteiger charge is 2.31. The number of rotatable bonds is 1. The molecule has 20 heavy (non-hydrogen) atoms. The lowest BCUT2D eigenvalue weighted by molar-refractivity contribution is 0.0159. The highest BCUT2D eigenvalue weighted by atomic mass is 79.9. The van der Waals surface area contributed by atoms with Gasteiger partial charge < -0.3 is 14.5 Å². The van der Waals surface area contributed by atoms with Gasteiger partial charge >= 0.3 is 6.09 Å². The standard InChI is InChI=1S/C13H20BrN3O2S/c1-9-8-16(10-7-15-11(14)20-10)5-6-17(9)12(18)19-13(2,3)4/h7,9H,5-6,8H2,1-4H3/t9-/m1/s1. The van der Waals surface area contributed by atoms with Crippen molar-refractivity contribution in [3.8, 4) is 0 Å². The molecule has 0 radical (unpaired) electrons. The molecule has 0 N–H and O–H groups in total. The lowest BCUT2D eigenvalue weighted by atomic mass is 10.2. The molecule has 1 aliphatic rings. The zero-order chi connectivity index (χ0) is 14.9. The lowest BCUT2D eigenvalue weighted by Gasteiger charge is -2.40. The summed E-state index contributed by atoms with van der Waals surface area (Å²) in [6.45, 7) is 9.99. The van der Waals surface area contributed by atoms with E-state index in [1.807, 2.05) is 33.9 Å². The predicted molar refractivity (Wildman–Crippen MR) is 84.4 cm³/mol. The molecule has 1 aliphatic heterocycles. The second-order valence-electron chi connectivity index (χ2n) is 5.92. The van der Waals surface area contributed by atoms with Crippen LogP contribution >= 0.6 is 27.3 Å². The van der Waals surface area contributed by atoms with Gasteiger partial charge in [-0.1, -0.05) is 11.3 Å². The van der Waals surface area contributed by atoms with E-state index in [0.29, 0.717) is 6.54 Å². The molecule has 0 unspecified atom stereocenters. The number of halogens is 1. The number of nitrogens with zero attached hydrogens (tertiary/aromatic N) is 3. The van der Waals surface area contributed by atoms with Gasteiger partial charge in [-0.25, -0.2) is 9.78 Å². The van der Waals surface area contributed by atoms with Crippen molar-refractivity contribution in [2.24, 2.45) is 0 Å². The molecule has 7 heteroatoms. The molecular weight excluding hydrogens is 342 g/mol. The summed E-state index contributed by atoms with van der Waals surface area (Å²) in [5.74, 6) is 0. The molecule has 2 heterocycles. The lowest BCUT2D eigenvalue weighted by Crippen LogP contribution is -2.55. The average Bonchev–Trinajstić information content (AvgIpc) is 2.73. The fourth-order valence-electron chi connectivity index (χ4n) is 2.14. The molecule has 0 bridgehead atoms. The average molecular weight is 362 g/mol. The van der Waals surface area contributed by atoms with Gasteiger partial charge in [0.25, 0.3) is 0 Å². The number of carbonyl (C=O) groups excluding carboxylic acids is 1. The number of aromatic nitrogens is 1. The van der Waals surface area contributed by atoms with Crippen molar-refractivity contribution >= 4 is 38.4 Å². The molecule has 1 saturated heterocycles. The Balaban J connectivity index is 1.97. The molecule has 0 spiro atoms. The number of hydrogen-bond donors (Lipinski definition) is 0. The van der Waals surface area contributed by atoms with E-state index in [9.17, 15) is 4.79 Å². The van der Waals surface area contributed by atoms with Crippen LogP contribution < -0.4 is 4.90 Å². The van der Waals surface area contributed by atoms with Gasteiger partial charge in [0, 0.05) is 25.7 Å². The molecule has 1 atom stereocenters. The maximum Gasteiger partial charge on any atom is 0.410 e. The van der Waals surface area contributed by atoms with Crippen LogP contribution in [-0.2, 0) is 4.74 Å². The highest BCUT2D eigenvalue weighted by Crippen LogP contribution is 2.29. The minimum absolute atomic E-state index is 0.125. The second kappa shape index (κ2) is 5.89. The summed E-state index contributed by atoms with van der Waals surface area (Å²) < 4.78 is 6.33. The third-order valence-corrected chi connectivity index (χ3v) is 4.57. The van der Waals surface area contributed by atoms with Gasteiger partial charge in [0.2, 0.25) is 0 Å². The Labute approximate surface area is 132 Å². The molecule has 0 aliphatic carbocycles. The first-order chi connectivity index (χ1) is 9.26. The van der Waals surface area contributed by atoms with Crippen molar-refractivity contribution in [2.75, 3.05) is 24.5 Å². The molecule has 112 valence electrons. The first-order valence-electron chi connectivity index (χ1n) is 6.62. The highest BCUT2D eigenvalue weighted by molar-refractivity contribution is 9.11. The molecule has 0 aromatic carbocycles. The first-order valence-corrected chi connectivity index (χ1v) is 8.23. The van der Waals surface area contributed by atoms with E-state index in [1.165, 1.54) is 0 Å². The molecule has 1 amide bonds. The van der Waals surface area contributed by atoms with Crippen LogP contribution in [0.25, 0.3) is 0 Å². The van der Waals surface area contributed by atoms with Crippen LogP contribution in [0.5, 0.6) is 0 Å². The number of piperazine rings is 1. The molecule has 1 aromatic heterocycles. The minimum atomic E-state index is -0.448. The Kier molecular flexibility index (Phi) is 4.59. The topological polar surface area (TPSA) is 45.7 Å². The van der Waals surface area contributed by atoms with Gasteiger partial charge in [0.1, 0.15) is 10.6 Å². The quantitative estimate of drug-likeness (QED) is 0.769. The van der Waals surface area contributed by atoms with E-state index in [-0.39, 0.29) is 12.1 Å². The largest absolute Gasteiger partial charge is 0.444 e. The van der Waals surface area contributed by atoms with Crippen LogP contribution in [0.2, 0.25) is 0 Å². The van der Waals surface area contributed by atoms with Gasteiger partial charge in [-0.2, -0.15) is 0 Å². The van der Waals surface area contributed by atoms with Crippen LogP contribution in [-0.4, -0.2) is 47.3 Å². The van der Waals surface area contributed by atoms with Crippen molar-refractivity contribution in [3.63, 3.8) is 0 Å². The van der Waals surface area contributed by atoms with Crippen LogP contribution in [0.4, 0.5) is 9.80 Å². The monoisotopic (exact) mass is 361 g/mol. The summed E-state index contributed by atoms with van der Waals surface area (Å²) >= 11 is 4.99. The van der Waals surface area contributed by atoms with E-state index in [4.69, 9.17) is 4.74 Å². The summed E-state index contributed by atoms with van der Waals surface area (Å²) in [5.41, 5.74) is -0.448. The van der Waals surface area contributed by atoms with Gasteiger partial charge in [-0.3, -0.25) is 0 Å². The zero-order valence-corrected chi connectivity index (χ0v) is 14.6. The number of hydrogen-bond acceptors (Lipinski definition) is 5. The SMILES string of the molecule is C[C@@H]1CN(c2cnc(Br)s2)CCN1C(=O)OC(C)(C)C. The smallest absolute Gasteiger partial charge is 0.410 e. The number of carbonyl (C=O) groups is 1. The Bertz CT molecular complexity index is 486. The van der Waals surface area contributed by atoms with Crippen molar-refractivity contribution in [1.29, 1.82) is 0 Å². The molecule has 0 saturated carbocycles. The third kappa shape index (κ3) is 3.85. The van der Waals surface area contributed by atoms with Crippen molar-refractivity contribution in [1.82, 2.24) is 9.88 Å². The molecular formula is C13H20BrN3O2S. The van der Waals surface area contributed by atoms with E-state index >= 15 is 0 Å². The Morgan fingerprint density at radius 3 is 2.70 bits per heavy atom. The summed E-state index contributed by atoms with van der Waals surface area (Å²) in [6.07, 6.45) is 1.64. The zero-order valence-electron chi connectivity index (χ0n) is 12.2. The van der Waals surface area contributed by atoms with Crippen molar-refractivity contribution in [2.45, 2.75) is 39.3 Å². The fraction of sp³-hybridized carbons (Fsp3) is 0.692. The van der Waals surface area contributed by atoms with Crippen LogP contribution in [0.3, 0.4) is 0 Å².